The van der Waals surface area contributed by atoms with E-state index in [1.807, 2.05) is 13.8 Å². The molecule has 12 heteroatoms. The molecule has 2 heterocycles. The summed E-state index contributed by atoms with van der Waals surface area (Å²) in [7, 11) is 0. The van der Waals surface area contributed by atoms with Crippen LogP contribution < -0.4 is 5.48 Å². The minimum Gasteiger partial charge on any atom is -0.352 e. The molecule has 0 radical (unpaired) electrons. The summed E-state index contributed by atoms with van der Waals surface area (Å²) in [5, 5.41) is 8.49. The van der Waals surface area contributed by atoms with Crippen LogP contribution in [0.1, 0.15) is 30.5 Å². The van der Waals surface area contributed by atoms with Crippen molar-refractivity contribution in [1.82, 2.24) is 10.4 Å². The van der Waals surface area contributed by atoms with E-state index in [0.29, 0.717) is 17.0 Å². The average molecular weight is 562 g/mol. The van der Waals surface area contributed by atoms with Gasteiger partial charge in [0.2, 0.25) is 11.8 Å². The summed E-state index contributed by atoms with van der Waals surface area (Å²) >= 11 is 17.8. The molecular weight excluding hydrogens is 543 g/mol. The summed E-state index contributed by atoms with van der Waals surface area (Å²) in [4.78, 5) is 10.5. The van der Waals surface area contributed by atoms with Crippen molar-refractivity contribution in [2.24, 2.45) is 10.9 Å². The van der Waals surface area contributed by atoms with E-state index in [2.05, 4.69) is 10.5 Å². The Labute approximate surface area is 219 Å². The number of aliphatic imine (C=N–C) groups is 1. The summed E-state index contributed by atoms with van der Waals surface area (Å²) in [6.07, 6.45) is -2.26. The number of hydrogen-bond acceptors (Lipinski definition) is 4. The third-order valence-corrected chi connectivity index (χ3v) is 7.30. The Balaban J connectivity index is 1.61. The lowest BCUT2D eigenvalue weighted by Gasteiger charge is -2.47. The highest BCUT2D eigenvalue weighted by atomic mass is 35.5. The predicted octanol–water partition coefficient (Wildman–Crippen LogP) is 7.00. The van der Waals surface area contributed by atoms with Gasteiger partial charge in [0.15, 0.2) is 5.67 Å². The van der Waals surface area contributed by atoms with E-state index in [-0.39, 0.29) is 45.3 Å². The first-order valence-electron chi connectivity index (χ1n) is 10.7. The van der Waals surface area contributed by atoms with Crippen LogP contribution in [0.4, 0.5) is 17.6 Å². The molecular formula is C24H19Cl3F4N4O. The van der Waals surface area contributed by atoms with Gasteiger partial charge in [-0.05, 0) is 29.3 Å². The van der Waals surface area contributed by atoms with Gasteiger partial charge in [-0.15, -0.1) is 0 Å². The minimum atomic E-state index is -4.88. The van der Waals surface area contributed by atoms with Gasteiger partial charge in [0.25, 0.3) is 0 Å². The Hall–Kier alpha value is -2.51. The number of benzene rings is 2. The Kier molecular flexibility index (Phi) is 6.95. The molecule has 4 rings (SSSR count). The summed E-state index contributed by atoms with van der Waals surface area (Å²) in [5.74, 6) is 0.460. The smallest absolute Gasteiger partial charge is 0.352 e. The molecule has 0 aliphatic carbocycles. The summed E-state index contributed by atoms with van der Waals surface area (Å²) in [6.45, 7) is 3.76. The number of rotatable bonds is 4. The largest absolute Gasteiger partial charge is 0.428 e. The lowest BCUT2D eigenvalue weighted by molar-refractivity contribution is -0.269. The Morgan fingerprint density at radius 3 is 2.19 bits per heavy atom. The number of hydroxylamine groups is 1. The van der Waals surface area contributed by atoms with E-state index < -0.39 is 17.4 Å². The molecule has 5 nitrogen and oxygen atoms in total. The number of nitrogens with zero attached hydrogens (tertiary/aromatic N) is 3. The van der Waals surface area contributed by atoms with E-state index in [0.717, 1.165) is 18.2 Å². The molecule has 2 aromatic carbocycles. The van der Waals surface area contributed by atoms with Crippen molar-refractivity contribution in [1.29, 1.82) is 5.26 Å². The normalized spacial score (nSPS) is 21.6. The molecule has 0 aromatic heterocycles. The van der Waals surface area contributed by atoms with Crippen LogP contribution in [-0.2, 0) is 16.1 Å². The van der Waals surface area contributed by atoms with Crippen molar-refractivity contribution in [3.05, 3.63) is 74.2 Å². The molecule has 1 atom stereocenters. The van der Waals surface area contributed by atoms with Crippen LogP contribution in [0.5, 0.6) is 0 Å². The Morgan fingerprint density at radius 1 is 1.11 bits per heavy atom. The van der Waals surface area contributed by atoms with Crippen LogP contribution >= 0.6 is 34.8 Å². The van der Waals surface area contributed by atoms with Gasteiger partial charge < -0.3 is 4.90 Å². The zero-order chi connectivity index (χ0) is 26.5. The quantitative estimate of drug-likeness (QED) is 0.144. The highest BCUT2D eigenvalue weighted by Crippen LogP contribution is 2.49. The molecule has 2 aliphatic rings. The molecule has 1 saturated heterocycles. The van der Waals surface area contributed by atoms with Crippen molar-refractivity contribution in [3.8, 4) is 6.19 Å². The Morgan fingerprint density at radius 2 is 1.69 bits per heavy atom. The van der Waals surface area contributed by atoms with Crippen molar-refractivity contribution in [2.75, 3.05) is 13.1 Å². The third-order valence-electron chi connectivity index (χ3n) is 6.10. The molecule has 36 heavy (non-hydrogen) atoms. The van der Waals surface area contributed by atoms with Gasteiger partial charge in [0.05, 0.1) is 33.9 Å². The van der Waals surface area contributed by atoms with Gasteiger partial charge in [-0.2, -0.15) is 23.4 Å². The maximum atomic E-state index is 15.5. The standard InChI is InChI=1S/C24H19Cl3F4N4O/c1-13(2)21(33-12-32)35-10-22(28,11-35)15-5-3-14(4-6-15)19-9-23(36-34-19,24(29,30)31)16-7-17(25)20(27)18(26)8-16/h3-9,13,34H,10-11H2,1-2H3. The number of hydrogen-bond donors (Lipinski definition) is 1. The van der Waals surface area contributed by atoms with Gasteiger partial charge in [-0.3, -0.25) is 10.3 Å². The van der Waals surface area contributed by atoms with E-state index in [9.17, 15) is 13.2 Å². The predicted molar refractivity (Wildman–Crippen MR) is 130 cm³/mol. The molecule has 0 amide bonds. The number of amidine groups is 1. The molecule has 0 bridgehead atoms. The lowest BCUT2D eigenvalue weighted by Crippen LogP contribution is -2.59. The highest BCUT2D eigenvalue weighted by Gasteiger charge is 2.60. The summed E-state index contributed by atoms with van der Waals surface area (Å²) < 4.78 is 58.1. The van der Waals surface area contributed by atoms with Gasteiger partial charge >= 0.3 is 6.18 Å². The van der Waals surface area contributed by atoms with Crippen molar-refractivity contribution < 1.29 is 22.4 Å². The number of nitrogens with one attached hydrogen (secondary N) is 1. The molecule has 1 N–H and O–H groups in total. The zero-order valence-electron chi connectivity index (χ0n) is 18.9. The minimum absolute atomic E-state index is 0.0182. The second-order valence-electron chi connectivity index (χ2n) is 8.87. The van der Waals surface area contributed by atoms with Crippen LogP contribution in [0.15, 0.2) is 47.5 Å². The van der Waals surface area contributed by atoms with Crippen LogP contribution in [-0.4, -0.2) is 30.0 Å². The van der Waals surface area contributed by atoms with Gasteiger partial charge in [0.1, 0.15) is 5.84 Å². The van der Waals surface area contributed by atoms with Crippen molar-refractivity contribution in [2.45, 2.75) is 31.3 Å². The van der Waals surface area contributed by atoms with Gasteiger partial charge in [-0.1, -0.05) is 72.9 Å². The number of likely N-dealkylation sites (tertiary alicyclic amines) is 1. The van der Waals surface area contributed by atoms with Crippen LogP contribution in [0.2, 0.25) is 15.1 Å². The first-order chi connectivity index (χ1) is 16.8. The van der Waals surface area contributed by atoms with E-state index in [4.69, 9.17) is 44.9 Å². The summed E-state index contributed by atoms with van der Waals surface area (Å²) in [5.41, 5.74) is -1.83. The van der Waals surface area contributed by atoms with Crippen LogP contribution in [0.3, 0.4) is 0 Å². The maximum Gasteiger partial charge on any atom is 0.428 e. The third kappa shape index (κ3) is 4.52. The molecule has 0 spiro atoms. The number of nitriles is 1. The fourth-order valence-electron chi connectivity index (χ4n) is 4.22. The average Bonchev–Trinajstić information content (AvgIpc) is 3.26. The second kappa shape index (κ2) is 9.42. The SMILES string of the molecule is CC(C)C(=NC#N)N1CC(F)(c2ccc(C3=CC(c4cc(Cl)c(Cl)c(Cl)c4)(C(F)(F)F)ON3)cc2)C1. The Bertz CT molecular complexity index is 1260. The number of alkyl halides is 4. The van der Waals surface area contributed by atoms with Gasteiger partial charge in [0, 0.05) is 11.5 Å². The summed E-state index contributed by atoms with van der Waals surface area (Å²) in [6, 6.07) is 8.11. The zero-order valence-corrected chi connectivity index (χ0v) is 21.2. The molecule has 2 aliphatic heterocycles. The fourth-order valence-corrected chi connectivity index (χ4v) is 4.82. The van der Waals surface area contributed by atoms with E-state index >= 15 is 4.39 Å². The fraction of sp³-hybridized carbons (Fsp3) is 0.333. The molecule has 1 fully saturated rings. The second-order valence-corrected chi connectivity index (χ2v) is 10.1. The van der Waals surface area contributed by atoms with Crippen molar-refractivity contribution >= 4 is 46.3 Å². The van der Waals surface area contributed by atoms with Crippen LogP contribution in [0, 0.1) is 17.4 Å². The van der Waals surface area contributed by atoms with Crippen molar-refractivity contribution in [3.63, 3.8) is 0 Å². The monoisotopic (exact) mass is 560 g/mol. The molecule has 0 saturated carbocycles. The van der Waals surface area contributed by atoms with E-state index in [1.54, 1.807) is 11.1 Å². The van der Waals surface area contributed by atoms with E-state index in [1.165, 1.54) is 24.3 Å². The molecule has 190 valence electrons. The van der Waals surface area contributed by atoms with Gasteiger partial charge in [-0.25, -0.2) is 4.39 Å². The molecule has 1 unspecified atom stereocenters. The first-order valence-corrected chi connectivity index (χ1v) is 11.8. The maximum absolute atomic E-state index is 15.5. The highest BCUT2D eigenvalue weighted by molar-refractivity contribution is 6.48. The lowest BCUT2D eigenvalue weighted by atomic mass is 9.86. The topological polar surface area (TPSA) is 60.7 Å². The molecule has 2 aromatic rings. The first kappa shape index (κ1) is 26.6. The number of halogens is 7. The van der Waals surface area contributed by atoms with Crippen LogP contribution in [0.25, 0.3) is 5.70 Å².